The average Bonchev–Trinajstić information content (AvgIpc) is 2.60. The molecule has 25 heavy (non-hydrogen) atoms. The van der Waals surface area contributed by atoms with Crippen LogP contribution in [0.3, 0.4) is 0 Å². The number of rotatable bonds is 5. The number of carbonyl (C=O) groups is 1. The molecule has 128 valence electrons. The molecule has 1 heterocycles. The maximum absolute atomic E-state index is 12.9. The Kier molecular flexibility index (Phi) is 4.79. The van der Waals surface area contributed by atoms with E-state index in [2.05, 4.69) is 5.32 Å². The molecule has 0 saturated heterocycles. The van der Waals surface area contributed by atoms with E-state index < -0.39 is 5.63 Å². The van der Waals surface area contributed by atoms with Crippen LogP contribution >= 0.6 is 0 Å². The fraction of sp³-hybridized carbons (Fsp3) is 0.158. The molecule has 0 fully saturated rings. The number of carbonyl (C=O) groups excluding carboxylic acids is 1. The first-order valence-electron chi connectivity index (χ1n) is 7.73. The molecule has 0 saturated carbocycles. The molecule has 3 rings (SSSR count). The summed E-state index contributed by atoms with van der Waals surface area (Å²) < 4.78 is 23.4. The minimum absolute atomic E-state index is 0.186. The fourth-order valence-electron chi connectivity index (χ4n) is 2.40. The van der Waals surface area contributed by atoms with Gasteiger partial charge in [-0.05, 0) is 42.8 Å². The first-order valence-corrected chi connectivity index (χ1v) is 7.73. The van der Waals surface area contributed by atoms with Crippen LogP contribution in [0.5, 0.6) is 5.75 Å². The Morgan fingerprint density at radius 3 is 2.64 bits per heavy atom. The zero-order chi connectivity index (χ0) is 17.8. The highest BCUT2D eigenvalue weighted by Gasteiger charge is 2.10. The Balaban J connectivity index is 1.60. The molecule has 0 aliphatic carbocycles. The number of hydrogen-bond acceptors (Lipinski definition) is 4. The van der Waals surface area contributed by atoms with E-state index in [9.17, 15) is 14.0 Å². The molecule has 1 N–H and O–H groups in total. The van der Waals surface area contributed by atoms with Gasteiger partial charge in [0.05, 0.1) is 6.04 Å². The molecule has 1 amide bonds. The van der Waals surface area contributed by atoms with Crippen molar-refractivity contribution in [2.75, 3.05) is 6.61 Å². The minimum atomic E-state index is -0.449. The zero-order valence-corrected chi connectivity index (χ0v) is 13.5. The van der Waals surface area contributed by atoms with Crippen LogP contribution in [0, 0.1) is 5.82 Å². The van der Waals surface area contributed by atoms with Gasteiger partial charge in [0.2, 0.25) is 0 Å². The topological polar surface area (TPSA) is 68.5 Å². The first-order chi connectivity index (χ1) is 12.0. The zero-order valence-electron chi connectivity index (χ0n) is 13.5. The standard InChI is InChI=1S/C19H16FNO4/c1-12(13-2-6-15(20)7-3-13)21-18(22)11-24-16-8-4-14-5-9-19(23)25-17(14)10-16/h2-10,12H,11H2,1H3,(H,21,22)/t12-/m0/s1. The fourth-order valence-corrected chi connectivity index (χ4v) is 2.40. The molecule has 2 aromatic carbocycles. The van der Waals surface area contributed by atoms with Crippen LogP contribution in [0.2, 0.25) is 0 Å². The summed E-state index contributed by atoms with van der Waals surface area (Å²) in [6.07, 6.45) is 0. The summed E-state index contributed by atoms with van der Waals surface area (Å²) in [5.74, 6) is -0.216. The largest absolute Gasteiger partial charge is 0.484 e. The monoisotopic (exact) mass is 341 g/mol. The molecule has 0 unspecified atom stereocenters. The van der Waals surface area contributed by atoms with Gasteiger partial charge < -0.3 is 14.5 Å². The van der Waals surface area contributed by atoms with E-state index in [0.717, 1.165) is 10.9 Å². The van der Waals surface area contributed by atoms with Gasteiger partial charge in [-0.25, -0.2) is 9.18 Å². The predicted molar refractivity (Wildman–Crippen MR) is 90.9 cm³/mol. The number of fused-ring (bicyclic) bond motifs is 1. The van der Waals surface area contributed by atoms with Crippen molar-refractivity contribution in [1.82, 2.24) is 5.32 Å². The number of benzene rings is 2. The number of nitrogens with one attached hydrogen (secondary N) is 1. The molecule has 1 atom stereocenters. The molecule has 5 nitrogen and oxygen atoms in total. The summed E-state index contributed by atoms with van der Waals surface area (Å²) in [4.78, 5) is 23.2. The molecule has 3 aromatic rings. The van der Waals surface area contributed by atoms with Crippen molar-refractivity contribution in [2.45, 2.75) is 13.0 Å². The molecule has 0 aliphatic heterocycles. The van der Waals surface area contributed by atoms with Crippen LogP contribution in [0.4, 0.5) is 4.39 Å². The number of hydrogen-bond donors (Lipinski definition) is 1. The maximum Gasteiger partial charge on any atom is 0.336 e. The smallest absolute Gasteiger partial charge is 0.336 e. The summed E-state index contributed by atoms with van der Waals surface area (Å²) in [5.41, 5.74) is 0.739. The summed E-state index contributed by atoms with van der Waals surface area (Å²) in [7, 11) is 0. The van der Waals surface area contributed by atoms with Crippen molar-refractivity contribution in [3.63, 3.8) is 0 Å². The first kappa shape index (κ1) is 16.7. The van der Waals surface area contributed by atoms with Crippen molar-refractivity contribution in [1.29, 1.82) is 0 Å². The lowest BCUT2D eigenvalue weighted by molar-refractivity contribution is -0.123. The van der Waals surface area contributed by atoms with Gasteiger partial charge in [0, 0.05) is 17.5 Å². The van der Waals surface area contributed by atoms with Gasteiger partial charge in [-0.15, -0.1) is 0 Å². The van der Waals surface area contributed by atoms with Gasteiger partial charge in [0.15, 0.2) is 6.61 Å². The van der Waals surface area contributed by atoms with Crippen LogP contribution in [0.15, 0.2) is 63.8 Å². The van der Waals surface area contributed by atoms with Crippen LogP contribution in [-0.2, 0) is 4.79 Å². The Morgan fingerprint density at radius 1 is 1.16 bits per heavy atom. The lowest BCUT2D eigenvalue weighted by Gasteiger charge is -2.14. The SMILES string of the molecule is C[C@H](NC(=O)COc1ccc2ccc(=O)oc2c1)c1ccc(F)cc1. The Bertz CT molecular complexity index is 950. The molecule has 1 aromatic heterocycles. The van der Waals surface area contributed by atoms with Crippen molar-refractivity contribution < 1.29 is 18.3 Å². The lowest BCUT2D eigenvalue weighted by Crippen LogP contribution is -2.31. The predicted octanol–water partition coefficient (Wildman–Crippen LogP) is 3.19. The van der Waals surface area contributed by atoms with Crippen LogP contribution < -0.4 is 15.7 Å². The quantitative estimate of drug-likeness (QED) is 0.724. The molecule has 6 heteroatoms. The maximum atomic E-state index is 12.9. The Morgan fingerprint density at radius 2 is 1.88 bits per heavy atom. The molecule has 0 radical (unpaired) electrons. The lowest BCUT2D eigenvalue weighted by atomic mass is 10.1. The van der Waals surface area contributed by atoms with E-state index in [1.807, 2.05) is 0 Å². The molecular formula is C19H16FNO4. The second-order valence-corrected chi connectivity index (χ2v) is 5.58. The average molecular weight is 341 g/mol. The van der Waals surface area contributed by atoms with Gasteiger partial charge in [-0.1, -0.05) is 12.1 Å². The van der Waals surface area contributed by atoms with E-state index in [4.69, 9.17) is 9.15 Å². The van der Waals surface area contributed by atoms with Gasteiger partial charge in [-0.3, -0.25) is 4.79 Å². The molecule has 0 aliphatic rings. The number of ether oxygens (including phenoxy) is 1. The highest BCUT2D eigenvalue weighted by Crippen LogP contribution is 2.19. The summed E-state index contributed by atoms with van der Waals surface area (Å²) in [5, 5.41) is 3.54. The van der Waals surface area contributed by atoms with Crippen LogP contribution in [0.25, 0.3) is 11.0 Å². The third kappa shape index (κ3) is 4.23. The van der Waals surface area contributed by atoms with Gasteiger partial charge >= 0.3 is 5.63 Å². The third-order valence-corrected chi connectivity index (χ3v) is 3.71. The normalized spacial score (nSPS) is 11.9. The second kappa shape index (κ2) is 7.17. The molecule has 0 bridgehead atoms. The summed E-state index contributed by atoms with van der Waals surface area (Å²) >= 11 is 0. The summed E-state index contributed by atoms with van der Waals surface area (Å²) in [6.45, 7) is 1.62. The van der Waals surface area contributed by atoms with Crippen molar-refractivity contribution in [2.24, 2.45) is 0 Å². The van der Waals surface area contributed by atoms with E-state index in [1.165, 1.54) is 18.2 Å². The van der Waals surface area contributed by atoms with Crippen LogP contribution in [-0.4, -0.2) is 12.5 Å². The van der Waals surface area contributed by atoms with E-state index in [0.29, 0.717) is 11.3 Å². The number of halogens is 1. The third-order valence-electron chi connectivity index (χ3n) is 3.71. The minimum Gasteiger partial charge on any atom is -0.484 e. The van der Waals surface area contributed by atoms with Crippen LogP contribution in [0.1, 0.15) is 18.5 Å². The Labute approximate surface area is 143 Å². The van der Waals surface area contributed by atoms with Crippen molar-refractivity contribution in [3.8, 4) is 5.75 Å². The van der Waals surface area contributed by atoms with Gasteiger partial charge in [0.1, 0.15) is 17.1 Å². The number of amides is 1. The highest BCUT2D eigenvalue weighted by atomic mass is 19.1. The highest BCUT2D eigenvalue weighted by molar-refractivity contribution is 5.79. The summed E-state index contributed by atoms with van der Waals surface area (Å²) in [6, 6.07) is 13.6. The second-order valence-electron chi connectivity index (χ2n) is 5.58. The van der Waals surface area contributed by atoms with Gasteiger partial charge in [-0.2, -0.15) is 0 Å². The van der Waals surface area contributed by atoms with Crippen molar-refractivity contribution >= 4 is 16.9 Å². The van der Waals surface area contributed by atoms with Crippen molar-refractivity contribution in [3.05, 3.63) is 76.4 Å². The van der Waals surface area contributed by atoms with Gasteiger partial charge in [0.25, 0.3) is 5.91 Å². The molecular weight excluding hydrogens is 325 g/mol. The van der Waals surface area contributed by atoms with E-state index >= 15 is 0 Å². The molecule has 0 spiro atoms. The van der Waals surface area contributed by atoms with E-state index in [1.54, 1.807) is 43.3 Å². The Hall–Kier alpha value is -3.15. The van der Waals surface area contributed by atoms with E-state index in [-0.39, 0.29) is 24.4 Å².